The van der Waals surface area contributed by atoms with Crippen LogP contribution in [0.3, 0.4) is 0 Å². The quantitative estimate of drug-likeness (QED) is 0.795. The molecule has 3 atom stereocenters. The Kier molecular flexibility index (Phi) is 5.26. The Hall–Kier alpha value is -0.120. The van der Waals surface area contributed by atoms with Crippen LogP contribution in [0, 0.1) is 0 Å². The highest BCUT2D eigenvalue weighted by atomic mass is 16.5. The Bertz CT molecular complexity index is 220. The first-order valence-electron chi connectivity index (χ1n) is 7.27. The van der Waals surface area contributed by atoms with Crippen molar-refractivity contribution in [2.75, 3.05) is 27.2 Å². The van der Waals surface area contributed by atoms with E-state index in [9.17, 15) is 0 Å². The molecule has 1 aliphatic heterocycles. The highest BCUT2D eigenvalue weighted by Crippen LogP contribution is 2.22. The minimum absolute atomic E-state index is 0.457. The second kappa shape index (κ2) is 6.72. The summed E-state index contributed by atoms with van der Waals surface area (Å²) in [6.45, 7) is 2.44. The van der Waals surface area contributed by atoms with Crippen LogP contribution in [-0.4, -0.2) is 50.3 Å². The summed E-state index contributed by atoms with van der Waals surface area (Å²) in [6, 6.07) is 1.41. The summed E-state index contributed by atoms with van der Waals surface area (Å²) in [6.07, 6.45) is 9.78. The fourth-order valence-electron chi connectivity index (χ4n) is 3.39. The maximum atomic E-state index is 5.51. The molecule has 1 heterocycles. The lowest BCUT2D eigenvalue weighted by Crippen LogP contribution is -2.42. The molecule has 17 heavy (non-hydrogen) atoms. The van der Waals surface area contributed by atoms with E-state index in [4.69, 9.17) is 4.74 Å². The van der Waals surface area contributed by atoms with Gasteiger partial charge in [0, 0.05) is 19.2 Å². The van der Waals surface area contributed by atoms with E-state index in [2.05, 4.69) is 17.3 Å². The lowest BCUT2D eigenvalue weighted by atomic mass is 10.00. The van der Waals surface area contributed by atoms with Crippen LogP contribution in [0.15, 0.2) is 0 Å². The lowest BCUT2D eigenvalue weighted by Gasteiger charge is -2.33. The molecule has 0 bridgehead atoms. The van der Waals surface area contributed by atoms with E-state index in [-0.39, 0.29) is 0 Å². The summed E-state index contributed by atoms with van der Waals surface area (Å²) < 4.78 is 5.51. The molecule has 0 radical (unpaired) electrons. The normalized spacial score (nSPS) is 35.3. The van der Waals surface area contributed by atoms with Gasteiger partial charge in [-0.2, -0.15) is 0 Å². The number of ether oxygens (including phenoxy) is 1. The molecule has 3 nitrogen and oxygen atoms in total. The van der Waals surface area contributed by atoms with Crippen LogP contribution in [0.1, 0.15) is 44.9 Å². The first-order chi connectivity index (χ1) is 8.31. The van der Waals surface area contributed by atoms with Crippen molar-refractivity contribution in [1.29, 1.82) is 0 Å². The van der Waals surface area contributed by atoms with Gasteiger partial charge in [-0.25, -0.2) is 0 Å². The largest absolute Gasteiger partial charge is 0.380 e. The molecular weight excluding hydrogens is 212 g/mol. The van der Waals surface area contributed by atoms with Gasteiger partial charge in [-0.1, -0.05) is 6.42 Å². The molecule has 2 fully saturated rings. The fourth-order valence-corrected chi connectivity index (χ4v) is 3.39. The van der Waals surface area contributed by atoms with Gasteiger partial charge in [0.1, 0.15) is 0 Å². The second-order valence-corrected chi connectivity index (χ2v) is 5.68. The van der Waals surface area contributed by atoms with E-state index < -0.39 is 0 Å². The van der Waals surface area contributed by atoms with Gasteiger partial charge in [-0.15, -0.1) is 0 Å². The van der Waals surface area contributed by atoms with Gasteiger partial charge >= 0.3 is 0 Å². The van der Waals surface area contributed by atoms with Crippen molar-refractivity contribution in [3.05, 3.63) is 0 Å². The SMILES string of the molecule is COC1CCCC1NCCC1CCCCN1C. The molecule has 0 aromatic rings. The third-order valence-electron chi connectivity index (χ3n) is 4.56. The number of rotatable bonds is 5. The van der Waals surface area contributed by atoms with Crippen molar-refractivity contribution < 1.29 is 4.74 Å². The summed E-state index contributed by atoms with van der Waals surface area (Å²) in [5.41, 5.74) is 0. The van der Waals surface area contributed by atoms with Crippen LogP contribution in [-0.2, 0) is 4.74 Å². The van der Waals surface area contributed by atoms with E-state index in [1.165, 1.54) is 51.5 Å². The van der Waals surface area contributed by atoms with Crippen molar-refractivity contribution in [3.8, 4) is 0 Å². The Morgan fingerprint density at radius 1 is 1.18 bits per heavy atom. The minimum atomic E-state index is 0.457. The van der Waals surface area contributed by atoms with Crippen molar-refractivity contribution >= 4 is 0 Å². The van der Waals surface area contributed by atoms with Gasteiger partial charge in [0.2, 0.25) is 0 Å². The third-order valence-corrected chi connectivity index (χ3v) is 4.56. The predicted octanol–water partition coefficient (Wildman–Crippen LogP) is 2.02. The maximum Gasteiger partial charge on any atom is 0.0724 e. The zero-order valence-corrected chi connectivity index (χ0v) is 11.5. The van der Waals surface area contributed by atoms with Crippen LogP contribution < -0.4 is 5.32 Å². The second-order valence-electron chi connectivity index (χ2n) is 5.68. The summed E-state index contributed by atoms with van der Waals surface area (Å²) in [4.78, 5) is 2.54. The highest BCUT2D eigenvalue weighted by Gasteiger charge is 2.27. The van der Waals surface area contributed by atoms with Crippen LogP contribution >= 0.6 is 0 Å². The summed E-state index contributed by atoms with van der Waals surface area (Å²) in [5.74, 6) is 0. The van der Waals surface area contributed by atoms with Gasteiger partial charge < -0.3 is 15.0 Å². The molecule has 1 aliphatic carbocycles. The number of methoxy groups -OCH3 is 1. The molecule has 3 unspecified atom stereocenters. The summed E-state index contributed by atoms with van der Waals surface area (Å²) in [5, 5.41) is 3.70. The molecule has 0 aromatic heterocycles. The van der Waals surface area contributed by atoms with Gasteiger partial charge in [0.05, 0.1) is 6.10 Å². The molecule has 0 aromatic carbocycles. The first kappa shape index (κ1) is 13.3. The van der Waals surface area contributed by atoms with E-state index >= 15 is 0 Å². The van der Waals surface area contributed by atoms with Crippen LogP contribution in [0.4, 0.5) is 0 Å². The average molecular weight is 240 g/mol. The van der Waals surface area contributed by atoms with E-state index in [1.807, 2.05) is 7.11 Å². The number of likely N-dealkylation sites (tertiary alicyclic amines) is 1. The number of hydrogen-bond acceptors (Lipinski definition) is 3. The monoisotopic (exact) mass is 240 g/mol. The van der Waals surface area contributed by atoms with Crippen molar-refractivity contribution in [2.24, 2.45) is 0 Å². The Balaban J connectivity index is 1.65. The number of piperidine rings is 1. The summed E-state index contributed by atoms with van der Waals surface area (Å²) in [7, 11) is 4.12. The Morgan fingerprint density at radius 3 is 2.82 bits per heavy atom. The summed E-state index contributed by atoms with van der Waals surface area (Å²) >= 11 is 0. The Morgan fingerprint density at radius 2 is 2.06 bits per heavy atom. The molecule has 2 rings (SSSR count). The number of nitrogens with zero attached hydrogens (tertiary/aromatic N) is 1. The van der Waals surface area contributed by atoms with Gasteiger partial charge in [-0.3, -0.25) is 0 Å². The number of nitrogens with one attached hydrogen (secondary N) is 1. The molecule has 3 heteroatoms. The standard InChI is InChI=1S/C14H28N2O/c1-16-11-4-3-6-12(16)9-10-15-13-7-5-8-14(13)17-2/h12-15H,3-11H2,1-2H3. The van der Waals surface area contributed by atoms with Gasteiger partial charge in [-0.05, 0) is 58.7 Å². The zero-order valence-electron chi connectivity index (χ0n) is 11.5. The van der Waals surface area contributed by atoms with Crippen molar-refractivity contribution in [2.45, 2.75) is 63.1 Å². The molecule has 0 spiro atoms. The smallest absolute Gasteiger partial charge is 0.0724 e. The van der Waals surface area contributed by atoms with E-state index in [1.54, 1.807) is 0 Å². The van der Waals surface area contributed by atoms with Crippen LogP contribution in [0.5, 0.6) is 0 Å². The first-order valence-corrected chi connectivity index (χ1v) is 7.27. The molecule has 1 N–H and O–H groups in total. The van der Waals surface area contributed by atoms with E-state index in [0.717, 1.165) is 12.6 Å². The Labute approximate surface area is 106 Å². The topological polar surface area (TPSA) is 24.5 Å². The maximum absolute atomic E-state index is 5.51. The van der Waals surface area contributed by atoms with Crippen LogP contribution in [0.25, 0.3) is 0 Å². The van der Waals surface area contributed by atoms with Gasteiger partial charge in [0.25, 0.3) is 0 Å². The molecule has 1 saturated carbocycles. The predicted molar refractivity (Wildman–Crippen MR) is 71.3 cm³/mol. The lowest BCUT2D eigenvalue weighted by molar-refractivity contribution is 0.0836. The third kappa shape index (κ3) is 3.67. The van der Waals surface area contributed by atoms with Crippen molar-refractivity contribution in [3.63, 3.8) is 0 Å². The van der Waals surface area contributed by atoms with Crippen molar-refractivity contribution in [1.82, 2.24) is 10.2 Å². The zero-order chi connectivity index (χ0) is 12.1. The molecule has 2 aliphatic rings. The molecule has 100 valence electrons. The molecular formula is C14H28N2O. The van der Waals surface area contributed by atoms with Crippen LogP contribution in [0.2, 0.25) is 0 Å². The number of hydrogen-bond donors (Lipinski definition) is 1. The fraction of sp³-hybridized carbons (Fsp3) is 1.00. The highest BCUT2D eigenvalue weighted by molar-refractivity contribution is 4.84. The molecule has 0 amide bonds. The van der Waals surface area contributed by atoms with Gasteiger partial charge in [0.15, 0.2) is 0 Å². The minimum Gasteiger partial charge on any atom is -0.380 e. The average Bonchev–Trinajstić information content (AvgIpc) is 2.79. The van der Waals surface area contributed by atoms with E-state index in [0.29, 0.717) is 12.1 Å². The molecule has 1 saturated heterocycles.